The predicted molar refractivity (Wildman–Crippen MR) is 34.8 cm³/mol. The summed E-state index contributed by atoms with van der Waals surface area (Å²) in [4.78, 5) is 20.7. The highest BCUT2D eigenvalue weighted by Gasteiger charge is 2.21. The molecule has 0 saturated heterocycles. The lowest BCUT2D eigenvalue weighted by molar-refractivity contribution is -0.143. The van der Waals surface area contributed by atoms with Crippen molar-refractivity contribution in [3.63, 3.8) is 0 Å². The summed E-state index contributed by atoms with van der Waals surface area (Å²) in [6.07, 6.45) is 0. The van der Waals surface area contributed by atoms with Gasteiger partial charge in [-0.15, -0.1) is 0 Å². The van der Waals surface area contributed by atoms with Gasteiger partial charge in [-0.3, -0.25) is 0 Å². The molecule has 0 aliphatic heterocycles. The quantitative estimate of drug-likeness (QED) is 0.368. The van der Waals surface area contributed by atoms with Crippen LogP contribution in [0.3, 0.4) is 0 Å². The minimum atomic E-state index is -1.68. The van der Waals surface area contributed by atoms with Gasteiger partial charge in [-0.2, -0.15) is 4.39 Å². The summed E-state index contributed by atoms with van der Waals surface area (Å²) in [5.74, 6) is -5.84. The number of aliphatic hydroxyl groups is 1. The lowest BCUT2D eigenvalue weighted by Crippen LogP contribution is -2.11. The molecule has 68 valence electrons. The average molecular weight is 178 g/mol. The fourth-order valence-corrected chi connectivity index (χ4v) is 0.373. The maximum absolute atomic E-state index is 12.5. The Labute approximate surface area is 67.4 Å². The molecule has 0 aromatic carbocycles. The van der Waals surface area contributed by atoms with E-state index >= 15 is 0 Å². The minimum Gasteiger partial charge on any atom is -0.500 e. The highest BCUT2D eigenvalue weighted by Crippen LogP contribution is 2.06. The van der Waals surface area contributed by atoms with Gasteiger partial charge >= 0.3 is 11.9 Å². The Morgan fingerprint density at radius 1 is 1.17 bits per heavy atom. The Bertz CT molecular complexity index is 208. The third-order valence-corrected chi connectivity index (χ3v) is 0.951. The van der Waals surface area contributed by atoms with Crippen LogP contribution in [0.15, 0.2) is 11.6 Å². The summed E-state index contributed by atoms with van der Waals surface area (Å²) in [5, 5.41) is 8.62. The molecular formula is C6H7FO5. The number of rotatable bonds is 2. The van der Waals surface area contributed by atoms with Gasteiger partial charge in [0.25, 0.3) is 5.83 Å². The van der Waals surface area contributed by atoms with E-state index in [4.69, 9.17) is 5.11 Å². The van der Waals surface area contributed by atoms with Crippen LogP contribution < -0.4 is 0 Å². The monoisotopic (exact) mass is 178 g/mol. The Morgan fingerprint density at radius 2 is 1.58 bits per heavy atom. The normalized spacial score (nSPS) is 11.6. The van der Waals surface area contributed by atoms with Crippen molar-refractivity contribution in [3.8, 4) is 0 Å². The van der Waals surface area contributed by atoms with Gasteiger partial charge in [0.2, 0.25) is 5.76 Å². The molecule has 0 radical (unpaired) electrons. The zero-order valence-corrected chi connectivity index (χ0v) is 6.46. The smallest absolute Gasteiger partial charge is 0.376 e. The SMILES string of the molecule is COC(=O)/C(O)=C(\F)C(=O)OC. The van der Waals surface area contributed by atoms with Crippen LogP contribution >= 0.6 is 0 Å². The van der Waals surface area contributed by atoms with Gasteiger partial charge in [0, 0.05) is 0 Å². The second-order valence-electron chi connectivity index (χ2n) is 1.65. The molecule has 5 nitrogen and oxygen atoms in total. The molecule has 0 rings (SSSR count). The van der Waals surface area contributed by atoms with Crippen molar-refractivity contribution in [3.05, 3.63) is 11.6 Å². The summed E-state index contributed by atoms with van der Waals surface area (Å²) >= 11 is 0. The molecule has 0 aromatic rings. The first-order valence-electron chi connectivity index (χ1n) is 2.80. The van der Waals surface area contributed by atoms with E-state index in [2.05, 4.69) is 9.47 Å². The molecule has 0 heterocycles. The van der Waals surface area contributed by atoms with E-state index < -0.39 is 23.5 Å². The van der Waals surface area contributed by atoms with Crippen LogP contribution in [0.25, 0.3) is 0 Å². The summed E-state index contributed by atoms with van der Waals surface area (Å²) in [7, 11) is 1.84. The van der Waals surface area contributed by atoms with Crippen LogP contribution in [0.4, 0.5) is 4.39 Å². The van der Waals surface area contributed by atoms with Gasteiger partial charge in [0.15, 0.2) is 0 Å². The number of carbonyl (C=O) groups is 2. The van der Waals surface area contributed by atoms with Gasteiger partial charge in [-0.1, -0.05) is 0 Å². The van der Waals surface area contributed by atoms with Crippen LogP contribution in [-0.4, -0.2) is 31.3 Å². The van der Waals surface area contributed by atoms with Crippen LogP contribution in [0.5, 0.6) is 0 Å². The number of hydrogen-bond acceptors (Lipinski definition) is 5. The van der Waals surface area contributed by atoms with E-state index in [-0.39, 0.29) is 0 Å². The van der Waals surface area contributed by atoms with Crippen molar-refractivity contribution < 1.29 is 28.6 Å². The third-order valence-electron chi connectivity index (χ3n) is 0.951. The van der Waals surface area contributed by atoms with Crippen molar-refractivity contribution >= 4 is 11.9 Å². The maximum Gasteiger partial charge on any atom is 0.376 e. The Balaban J connectivity index is 4.68. The maximum atomic E-state index is 12.5. The second-order valence-corrected chi connectivity index (χ2v) is 1.65. The van der Waals surface area contributed by atoms with Gasteiger partial charge in [0.05, 0.1) is 14.2 Å². The van der Waals surface area contributed by atoms with E-state index in [1.165, 1.54) is 0 Å². The summed E-state index contributed by atoms with van der Waals surface area (Å²) in [5.41, 5.74) is 0. The molecule has 0 atom stereocenters. The number of aliphatic hydroxyl groups excluding tert-OH is 1. The fourth-order valence-electron chi connectivity index (χ4n) is 0.373. The molecule has 0 amide bonds. The van der Waals surface area contributed by atoms with Crippen molar-refractivity contribution in [1.82, 2.24) is 0 Å². The van der Waals surface area contributed by atoms with Crippen molar-refractivity contribution in [2.45, 2.75) is 0 Å². The largest absolute Gasteiger partial charge is 0.500 e. The Kier molecular flexibility index (Phi) is 3.75. The first kappa shape index (κ1) is 10.4. The molecule has 0 saturated carbocycles. The average Bonchev–Trinajstić information content (AvgIpc) is 2.12. The lowest BCUT2D eigenvalue weighted by atomic mass is 10.4. The van der Waals surface area contributed by atoms with Gasteiger partial charge in [-0.05, 0) is 0 Å². The standard InChI is InChI=1S/C6H7FO5/c1-11-5(9)3(7)4(8)6(10)12-2/h8H,1-2H3/b4-3+. The molecule has 0 bridgehead atoms. The summed E-state index contributed by atoms with van der Waals surface area (Å²) in [6.45, 7) is 0. The topological polar surface area (TPSA) is 72.8 Å². The van der Waals surface area contributed by atoms with E-state index in [0.29, 0.717) is 0 Å². The Morgan fingerprint density at radius 3 is 1.92 bits per heavy atom. The van der Waals surface area contributed by atoms with Crippen molar-refractivity contribution in [2.24, 2.45) is 0 Å². The van der Waals surface area contributed by atoms with E-state index in [1.54, 1.807) is 0 Å². The zero-order chi connectivity index (χ0) is 9.72. The number of hydrogen-bond donors (Lipinski definition) is 1. The van der Waals surface area contributed by atoms with Crippen LogP contribution in [0, 0.1) is 0 Å². The molecule has 1 N–H and O–H groups in total. The van der Waals surface area contributed by atoms with Gasteiger partial charge in [-0.25, -0.2) is 9.59 Å². The highest BCUT2D eigenvalue weighted by atomic mass is 19.1. The molecule has 0 aliphatic rings. The van der Waals surface area contributed by atoms with Crippen molar-refractivity contribution in [2.75, 3.05) is 14.2 Å². The van der Waals surface area contributed by atoms with Crippen LogP contribution in [0.1, 0.15) is 0 Å². The number of halogens is 1. The summed E-state index contributed by atoms with van der Waals surface area (Å²) < 4.78 is 20.3. The van der Waals surface area contributed by atoms with Gasteiger partial charge < -0.3 is 14.6 Å². The number of esters is 2. The van der Waals surface area contributed by atoms with E-state index in [0.717, 1.165) is 14.2 Å². The highest BCUT2D eigenvalue weighted by molar-refractivity contribution is 5.96. The minimum absolute atomic E-state index is 0.909. The van der Waals surface area contributed by atoms with E-state index in [1.807, 2.05) is 0 Å². The molecule has 0 aromatic heterocycles. The molecule has 0 unspecified atom stereocenters. The molecule has 12 heavy (non-hydrogen) atoms. The Hall–Kier alpha value is -1.59. The number of carbonyl (C=O) groups excluding carboxylic acids is 2. The molecule has 0 spiro atoms. The van der Waals surface area contributed by atoms with Crippen LogP contribution in [-0.2, 0) is 19.1 Å². The van der Waals surface area contributed by atoms with Crippen molar-refractivity contribution in [1.29, 1.82) is 0 Å². The molecular weight excluding hydrogens is 171 g/mol. The summed E-state index contributed by atoms with van der Waals surface area (Å²) in [6, 6.07) is 0. The van der Waals surface area contributed by atoms with Crippen LogP contribution in [0.2, 0.25) is 0 Å². The third kappa shape index (κ3) is 2.22. The molecule has 6 heteroatoms. The first-order valence-corrected chi connectivity index (χ1v) is 2.80. The van der Waals surface area contributed by atoms with Gasteiger partial charge in [0.1, 0.15) is 0 Å². The number of ether oxygens (including phenoxy) is 2. The van der Waals surface area contributed by atoms with E-state index in [9.17, 15) is 14.0 Å². The second kappa shape index (κ2) is 4.32. The fraction of sp³-hybridized carbons (Fsp3) is 0.333. The zero-order valence-electron chi connectivity index (χ0n) is 6.46. The molecule has 0 fully saturated rings. The predicted octanol–water partition coefficient (Wildman–Crippen LogP) is 0.0715. The molecule has 0 aliphatic carbocycles. The first-order chi connectivity index (χ1) is 5.54. The lowest BCUT2D eigenvalue weighted by Gasteiger charge is -1.98. The number of methoxy groups -OCH3 is 2.